The summed E-state index contributed by atoms with van der Waals surface area (Å²) < 4.78 is 26.2. The fourth-order valence-electron chi connectivity index (χ4n) is 4.20. The second-order valence-corrected chi connectivity index (χ2v) is 11.1. The van der Waals surface area contributed by atoms with E-state index in [9.17, 15) is 8.42 Å². The maximum Gasteiger partial charge on any atom is 0.254 e. The highest BCUT2D eigenvalue weighted by atomic mass is 35.5. The Morgan fingerprint density at radius 2 is 1.63 bits per heavy atom. The van der Waals surface area contributed by atoms with Gasteiger partial charge in [-0.1, -0.05) is 24.2 Å². The number of benzene rings is 3. The molecule has 0 atom stereocenters. The van der Waals surface area contributed by atoms with Gasteiger partial charge in [-0.25, -0.2) is 13.4 Å². The van der Waals surface area contributed by atoms with E-state index in [4.69, 9.17) is 16.6 Å². The van der Waals surface area contributed by atoms with Gasteiger partial charge in [-0.2, -0.15) is 4.98 Å². The van der Waals surface area contributed by atoms with Crippen LogP contribution in [-0.4, -0.2) is 56.5 Å². The molecule has 11 heteroatoms. The SMILES string of the molecule is C=CS(=O)(=O)Nc1cccc(Nc2nc(Nc3ccc(N4CCN(C)CC4)cc3)nc3ccc(Cl)cc23)c1. The Morgan fingerprint density at radius 1 is 0.895 bits per heavy atom. The number of nitrogens with zero attached hydrogens (tertiary/aromatic N) is 4. The molecule has 1 saturated heterocycles. The first-order valence-corrected chi connectivity index (χ1v) is 14.0. The summed E-state index contributed by atoms with van der Waals surface area (Å²) in [7, 11) is -1.48. The molecule has 3 N–H and O–H groups in total. The molecular formula is C27H28ClN7O2S. The number of hydrogen-bond donors (Lipinski definition) is 3. The minimum Gasteiger partial charge on any atom is -0.369 e. The molecule has 0 saturated carbocycles. The summed E-state index contributed by atoms with van der Waals surface area (Å²) in [6.07, 6.45) is 0. The molecule has 0 unspecified atom stereocenters. The lowest BCUT2D eigenvalue weighted by atomic mass is 10.2. The number of anilines is 6. The lowest BCUT2D eigenvalue weighted by molar-refractivity contribution is 0.313. The van der Waals surface area contributed by atoms with Crippen LogP contribution >= 0.6 is 11.6 Å². The van der Waals surface area contributed by atoms with Gasteiger partial charge in [0.05, 0.1) is 11.2 Å². The van der Waals surface area contributed by atoms with Crippen LogP contribution in [0.15, 0.2) is 78.7 Å². The van der Waals surface area contributed by atoms with Crippen molar-refractivity contribution in [2.24, 2.45) is 0 Å². The number of aromatic nitrogens is 2. The maximum atomic E-state index is 11.9. The van der Waals surface area contributed by atoms with Crippen molar-refractivity contribution in [1.82, 2.24) is 14.9 Å². The van der Waals surface area contributed by atoms with Gasteiger partial charge in [-0.05, 0) is 67.7 Å². The predicted octanol–water partition coefficient (Wildman–Crippen LogP) is 5.41. The third kappa shape index (κ3) is 6.16. The lowest BCUT2D eigenvalue weighted by Crippen LogP contribution is -2.44. The van der Waals surface area contributed by atoms with Crippen LogP contribution in [0.25, 0.3) is 10.9 Å². The zero-order chi connectivity index (χ0) is 26.7. The van der Waals surface area contributed by atoms with Crippen LogP contribution < -0.4 is 20.3 Å². The second kappa shape index (κ2) is 10.9. The van der Waals surface area contributed by atoms with Gasteiger partial charge in [-0.15, -0.1) is 0 Å². The highest BCUT2D eigenvalue weighted by Crippen LogP contribution is 2.30. The van der Waals surface area contributed by atoms with E-state index < -0.39 is 10.0 Å². The topological polar surface area (TPSA) is 102 Å². The summed E-state index contributed by atoms with van der Waals surface area (Å²) in [5.74, 6) is 0.941. The molecule has 1 fully saturated rings. The summed E-state index contributed by atoms with van der Waals surface area (Å²) in [4.78, 5) is 14.1. The average molecular weight is 550 g/mol. The summed E-state index contributed by atoms with van der Waals surface area (Å²) in [6.45, 7) is 7.44. The highest BCUT2D eigenvalue weighted by molar-refractivity contribution is 7.95. The lowest BCUT2D eigenvalue weighted by Gasteiger charge is -2.34. The standard InChI is InChI=1S/C27H28ClN7O2S/c1-3-38(36,37)33-22-6-4-5-21(18-22)29-26-24-17-19(28)7-12-25(24)31-27(32-26)30-20-8-10-23(11-9-20)35-15-13-34(2)14-16-35/h3-12,17-18,33H,1,13-16H2,2H3,(H2,29,30,31,32). The molecular weight excluding hydrogens is 522 g/mol. The molecule has 2 heterocycles. The van der Waals surface area contributed by atoms with E-state index in [2.05, 4.69) is 55.9 Å². The molecule has 0 amide bonds. The first kappa shape index (κ1) is 25.8. The van der Waals surface area contributed by atoms with E-state index in [0.29, 0.717) is 33.7 Å². The van der Waals surface area contributed by atoms with Gasteiger partial charge < -0.3 is 20.4 Å². The van der Waals surface area contributed by atoms with Crippen molar-refractivity contribution in [1.29, 1.82) is 0 Å². The molecule has 1 aromatic heterocycles. The molecule has 9 nitrogen and oxygen atoms in total. The monoisotopic (exact) mass is 549 g/mol. The van der Waals surface area contributed by atoms with Crippen molar-refractivity contribution >= 4 is 67.0 Å². The first-order valence-electron chi connectivity index (χ1n) is 12.1. The fraction of sp³-hybridized carbons (Fsp3) is 0.185. The Kier molecular flexibility index (Phi) is 7.37. The highest BCUT2D eigenvalue weighted by Gasteiger charge is 2.15. The number of hydrogen-bond acceptors (Lipinski definition) is 8. The van der Waals surface area contributed by atoms with Crippen LogP contribution in [0.2, 0.25) is 5.02 Å². The van der Waals surface area contributed by atoms with E-state index in [-0.39, 0.29) is 0 Å². The van der Waals surface area contributed by atoms with Gasteiger partial charge in [0.15, 0.2) is 0 Å². The third-order valence-corrected chi connectivity index (χ3v) is 7.45. The average Bonchev–Trinajstić information content (AvgIpc) is 2.90. The van der Waals surface area contributed by atoms with Gasteiger partial charge in [0.1, 0.15) is 5.82 Å². The Bertz CT molecular complexity index is 1570. The maximum absolute atomic E-state index is 11.9. The number of sulfonamides is 1. The minimum absolute atomic E-state index is 0.394. The summed E-state index contributed by atoms with van der Waals surface area (Å²) in [5, 5.41) is 8.72. The quantitative estimate of drug-likeness (QED) is 0.268. The Balaban J connectivity index is 1.41. The van der Waals surface area contributed by atoms with Gasteiger partial charge >= 0.3 is 0 Å². The Morgan fingerprint density at radius 3 is 2.37 bits per heavy atom. The van der Waals surface area contributed by atoms with Crippen LogP contribution in [0.5, 0.6) is 0 Å². The molecule has 0 radical (unpaired) electrons. The van der Waals surface area contributed by atoms with E-state index in [1.54, 1.807) is 30.3 Å². The molecule has 5 rings (SSSR count). The molecule has 196 valence electrons. The van der Waals surface area contributed by atoms with E-state index in [0.717, 1.165) is 42.7 Å². The molecule has 3 aromatic carbocycles. The van der Waals surface area contributed by atoms with Gasteiger partial charge in [-0.3, -0.25) is 4.72 Å². The van der Waals surface area contributed by atoms with Crippen molar-refractivity contribution in [2.45, 2.75) is 0 Å². The molecule has 1 aliphatic heterocycles. The number of piperazine rings is 1. The van der Waals surface area contributed by atoms with Crippen LogP contribution in [0.3, 0.4) is 0 Å². The van der Waals surface area contributed by atoms with Gasteiger partial charge in [0.25, 0.3) is 10.0 Å². The number of halogens is 1. The van der Waals surface area contributed by atoms with Crippen LogP contribution in [0, 0.1) is 0 Å². The Labute approximate surface area is 227 Å². The third-order valence-electron chi connectivity index (χ3n) is 6.25. The Hall–Kier alpha value is -3.86. The molecule has 38 heavy (non-hydrogen) atoms. The fourth-order valence-corrected chi connectivity index (χ4v) is 4.92. The predicted molar refractivity (Wildman–Crippen MR) is 156 cm³/mol. The normalized spacial score (nSPS) is 14.3. The van der Waals surface area contributed by atoms with Gasteiger partial charge in [0.2, 0.25) is 5.95 Å². The number of nitrogens with one attached hydrogen (secondary N) is 3. The summed E-state index contributed by atoms with van der Waals surface area (Å²) in [5.41, 5.74) is 3.78. The summed E-state index contributed by atoms with van der Waals surface area (Å²) in [6, 6.07) is 20.5. The second-order valence-electron chi connectivity index (χ2n) is 9.04. The zero-order valence-corrected chi connectivity index (χ0v) is 22.4. The van der Waals surface area contributed by atoms with Crippen molar-refractivity contribution in [2.75, 3.05) is 53.5 Å². The van der Waals surface area contributed by atoms with Crippen molar-refractivity contribution in [3.63, 3.8) is 0 Å². The summed E-state index contributed by atoms with van der Waals surface area (Å²) >= 11 is 6.27. The number of fused-ring (bicyclic) bond motifs is 1. The van der Waals surface area contributed by atoms with Crippen LogP contribution in [0.4, 0.5) is 34.5 Å². The minimum atomic E-state index is -3.63. The van der Waals surface area contributed by atoms with E-state index in [1.165, 1.54) is 5.69 Å². The largest absolute Gasteiger partial charge is 0.369 e. The molecule has 0 bridgehead atoms. The first-order chi connectivity index (χ1) is 18.3. The van der Waals surface area contributed by atoms with E-state index >= 15 is 0 Å². The molecule has 0 spiro atoms. The van der Waals surface area contributed by atoms with E-state index in [1.807, 2.05) is 24.3 Å². The van der Waals surface area contributed by atoms with Crippen molar-refractivity contribution in [3.8, 4) is 0 Å². The van der Waals surface area contributed by atoms with Crippen LogP contribution in [0.1, 0.15) is 0 Å². The zero-order valence-electron chi connectivity index (χ0n) is 20.9. The number of rotatable bonds is 8. The smallest absolute Gasteiger partial charge is 0.254 e. The van der Waals surface area contributed by atoms with Crippen molar-refractivity contribution < 1.29 is 8.42 Å². The number of likely N-dealkylation sites (N-methyl/N-ethyl adjacent to an activating group) is 1. The van der Waals surface area contributed by atoms with Crippen LogP contribution in [-0.2, 0) is 10.0 Å². The van der Waals surface area contributed by atoms with Gasteiger partial charge in [0, 0.05) is 59.1 Å². The van der Waals surface area contributed by atoms with Crippen molar-refractivity contribution in [3.05, 3.63) is 83.7 Å². The molecule has 4 aromatic rings. The molecule has 0 aliphatic carbocycles. The molecule has 1 aliphatic rings.